The molecule has 19 heavy (non-hydrogen) atoms. The molecular formula is C17H26ClN. The fraction of sp³-hybridized carbons (Fsp3) is 0.647. The molecule has 0 bridgehead atoms. The lowest BCUT2D eigenvalue weighted by atomic mass is 9.84. The van der Waals surface area contributed by atoms with E-state index in [-0.39, 0.29) is 6.04 Å². The molecular weight excluding hydrogens is 254 g/mol. The van der Waals surface area contributed by atoms with E-state index in [1.165, 1.54) is 49.7 Å². The lowest BCUT2D eigenvalue weighted by Crippen LogP contribution is -2.14. The molecule has 1 nitrogen and oxygen atoms in total. The van der Waals surface area contributed by atoms with Crippen LogP contribution in [-0.4, -0.2) is 0 Å². The van der Waals surface area contributed by atoms with Gasteiger partial charge < -0.3 is 5.73 Å². The largest absolute Gasteiger partial charge is 0.324 e. The number of hydrogen-bond donors (Lipinski definition) is 1. The maximum atomic E-state index is 6.35. The van der Waals surface area contributed by atoms with Crippen molar-refractivity contribution >= 4 is 11.6 Å². The Hall–Kier alpha value is -0.530. The quantitative estimate of drug-likeness (QED) is 0.793. The Morgan fingerprint density at radius 3 is 2.47 bits per heavy atom. The fourth-order valence-electron chi connectivity index (χ4n) is 3.13. The topological polar surface area (TPSA) is 26.0 Å². The van der Waals surface area contributed by atoms with Crippen LogP contribution in [0.15, 0.2) is 12.1 Å². The van der Waals surface area contributed by atoms with Crippen molar-refractivity contribution in [1.82, 2.24) is 0 Å². The number of benzene rings is 1. The number of halogens is 1. The van der Waals surface area contributed by atoms with Crippen LogP contribution in [0.4, 0.5) is 0 Å². The molecule has 0 aromatic heterocycles. The first-order valence-electron chi connectivity index (χ1n) is 7.60. The van der Waals surface area contributed by atoms with E-state index in [4.69, 9.17) is 17.3 Å². The van der Waals surface area contributed by atoms with E-state index in [1.807, 2.05) is 6.07 Å². The van der Waals surface area contributed by atoms with Gasteiger partial charge in [0, 0.05) is 11.1 Å². The second kappa shape index (κ2) is 6.76. The molecule has 1 aromatic carbocycles. The van der Waals surface area contributed by atoms with Gasteiger partial charge in [0.2, 0.25) is 0 Å². The third kappa shape index (κ3) is 3.97. The minimum absolute atomic E-state index is 0.0914. The van der Waals surface area contributed by atoms with E-state index in [9.17, 15) is 0 Å². The highest BCUT2D eigenvalue weighted by atomic mass is 35.5. The summed E-state index contributed by atoms with van der Waals surface area (Å²) >= 11 is 6.34. The van der Waals surface area contributed by atoms with Crippen LogP contribution in [0.5, 0.6) is 0 Å². The van der Waals surface area contributed by atoms with Gasteiger partial charge in [-0.15, -0.1) is 0 Å². The summed E-state index contributed by atoms with van der Waals surface area (Å²) in [7, 11) is 0. The SMILES string of the molecule is Cc1cc(Cl)c(C(N)CCC2CCCCC2)cc1C. The highest BCUT2D eigenvalue weighted by Crippen LogP contribution is 2.32. The molecule has 0 amide bonds. The van der Waals surface area contributed by atoms with Crippen molar-refractivity contribution in [2.24, 2.45) is 11.7 Å². The van der Waals surface area contributed by atoms with Gasteiger partial charge >= 0.3 is 0 Å². The third-order valence-electron chi connectivity index (χ3n) is 4.62. The van der Waals surface area contributed by atoms with Gasteiger partial charge in [-0.05, 0) is 55.4 Å². The number of aryl methyl sites for hydroxylation is 2. The predicted molar refractivity (Wildman–Crippen MR) is 83.7 cm³/mol. The summed E-state index contributed by atoms with van der Waals surface area (Å²) in [5.41, 5.74) is 10.0. The van der Waals surface area contributed by atoms with Gasteiger partial charge in [0.15, 0.2) is 0 Å². The fourth-order valence-corrected chi connectivity index (χ4v) is 3.49. The van der Waals surface area contributed by atoms with Gasteiger partial charge in [-0.25, -0.2) is 0 Å². The van der Waals surface area contributed by atoms with E-state index in [0.29, 0.717) is 0 Å². The molecule has 2 heteroatoms. The van der Waals surface area contributed by atoms with Crippen LogP contribution in [0.1, 0.15) is 67.7 Å². The number of rotatable bonds is 4. The van der Waals surface area contributed by atoms with E-state index in [1.54, 1.807) is 0 Å². The van der Waals surface area contributed by atoms with E-state index in [2.05, 4.69) is 19.9 Å². The molecule has 0 radical (unpaired) electrons. The molecule has 1 aromatic rings. The molecule has 2 rings (SSSR count). The zero-order valence-electron chi connectivity index (χ0n) is 12.2. The Labute approximate surface area is 122 Å². The van der Waals surface area contributed by atoms with Crippen molar-refractivity contribution in [3.05, 3.63) is 33.8 Å². The average molecular weight is 280 g/mol. The van der Waals surface area contributed by atoms with Crippen molar-refractivity contribution in [3.8, 4) is 0 Å². The molecule has 2 N–H and O–H groups in total. The first-order valence-corrected chi connectivity index (χ1v) is 7.98. The normalized spacial score (nSPS) is 18.5. The van der Waals surface area contributed by atoms with Gasteiger partial charge in [0.25, 0.3) is 0 Å². The summed E-state index contributed by atoms with van der Waals surface area (Å²) in [5.74, 6) is 0.894. The first kappa shape index (κ1) is 14.9. The second-order valence-electron chi connectivity index (χ2n) is 6.15. The molecule has 106 valence electrons. The molecule has 0 saturated heterocycles. The Balaban J connectivity index is 1.95. The maximum Gasteiger partial charge on any atom is 0.0456 e. The lowest BCUT2D eigenvalue weighted by Gasteiger charge is -2.23. The van der Waals surface area contributed by atoms with Gasteiger partial charge in [-0.3, -0.25) is 0 Å². The average Bonchev–Trinajstić information content (AvgIpc) is 2.41. The molecule has 0 spiro atoms. The van der Waals surface area contributed by atoms with E-state index < -0.39 is 0 Å². The molecule has 1 atom stereocenters. The summed E-state index contributed by atoms with van der Waals surface area (Å²) in [6.45, 7) is 4.22. The summed E-state index contributed by atoms with van der Waals surface area (Å²) in [5, 5.41) is 0.833. The van der Waals surface area contributed by atoms with Crippen molar-refractivity contribution < 1.29 is 0 Å². The highest BCUT2D eigenvalue weighted by Gasteiger charge is 2.17. The Morgan fingerprint density at radius 2 is 1.79 bits per heavy atom. The molecule has 1 saturated carbocycles. The summed E-state index contributed by atoms with van der Waals surface area (Å²) < 4.78 is 0. The molecule has 1 aliphatic carbocycles. The number of hydrogen-bond acceptors (Lipinski definition) is 1. The van der Waals surface area contributed by atoms with Crippen LogP contribution in [0.2, 0.25) is 5.02 Å². The highest BCUT2D eigenvalue weighted by molar-refractivity contribution is 6.31. The van der Waals surface area contributed by atoms with Crippen LogP contribution in [-0.2, 0) is 0 Å². The Kier molecular flexibility index (Phi) is 5.29. The van der Waals surface area contributed by atoms with E-state index >= 15 is 0 Å². The summed E-state index contributed by atoms with van der Waals surface area (Å²) in [6.07, 6.45) is 9.35. The van der Waals surface area contributed by atoms with Crippen molar-refractivity contribution in [1.29, 1.82) is 0 Å². The van der Waals surface area contributed by atoms with Crippen LogP contribution in [0.3, 0.4) is 0 Å². The van der Waals surface area contributed by atoms with Crippen molar-refractivity contribution in [2.75, 3.05) is 0 Å². The van der Waals surface area contributed by atoms with Crippen LogP contribution in [0.25, 0.3) is 0 Å². The van der Waals surface area contributed by atoms with Gasteiger partial charge in [-0.1, -0.05) is 49.8 Å². The maximum absolute atomic E-state index is 6.35. The summed E-state index contributed by atoms with van der Waals surface area (Å²) in [4.78, 5) is 0. The van der Waals surface area contributed by atoms with Crippen LogP contribution >= 0.6 is 11.6 Å². The minimum Gasteiger partial charge on any atom is -0.324 e. The van der Waals surface area contributed by atoms with Gasteiger partial charge in [-0.2, -0.15) is 0 Å². The van der Waals surface area contributed by atoms with Crippen LogP contribution < -0.4 is 5.73 Å². The molecule has 0 heterocycles. The van der Waals surface area contributed by atoms with Crippen LogP contribution in [0, 0.1) is 19.8 Å². The zero-order valence-corrected chi connectivity index (χ0v) is 13.0. The van der Waals surface area contributed by atoms with E-state index in [0.717, 1.165) is 22.9 Å². The second-order valence-corrected chi connectivity index (χ2v) is 6.55. The minimum atomic E-state index is 0.0914. The standard InChI is InChI=1S/C17H26ClN/c1-12-10-15(16(18)11-13(12)2)17(19)9-8-14-6-4-3-5-7-14/h10-11,14,17H,3-9,19H2,1-2H3. The first-order chi connectivity index (χ1) is 9.08. The smallest absolute Gasteiger partial charge is 0.0456 e. The Bertz CT molecular complexity index is 422. The predicted octanol–water partition coefficient (Wildman–Crippen LogP) is 5.32. The third-order valence-corrected chi connectivity index (χ3v) is 4.95. The van der Waals surface area contributed by atoms with Crippen molar-refractivity contribution in [2.45, 2.75) is 64.8 Å². The molecule has 1 aliphatic rings. The monoisotopic (exact) mass is 279 g/mol. The Morgan fingerprint density at radius 1 is 1.16 bits per heavy atom. The summed E-state index contributed by atoms with van der Waals surface area (Å²) in [6, 6.07) is 4.31. The van der Waals surface area contributed by atoms with Gasteiger partial charge in [0.05, 0.1) is 0 Å². The van der Waals surface area contributed by atoms with Gasteiger partial charge in [0.1, 0.15) is 0 Å². The van der Waals surface area contributed by atoms with Crippen molar-refractivity contribution in [3.63, 3.8) is 0 Å². The lowest BCUT2D eigenvalue weighted by molar-refractivity contribution is 0.324. The molecule has 1 fully saturated rings. The molecule has 0 aliphatic heterocycles. The number of nitrogens with two attached hydrogens (primary N) is 1. The zero-order chi connectivity index (χ0) is 13.8. The molecule has 1 unspecified atom stereocenters.